The first-order valence-electron chi connectivity index (χ1n) is 9.72. The molecule has 0 heterocycles. The van der Waals surface area contributed by atoms with Gasteiger partial charge in [-0.1, -0.05) is 61.8 Å². The van der Waals surface area contributed by atoms with Crippen molar-refractivity contribution in [1.29, 1.82) is 0 Å². The number of hydrogen-bond donors (Lipinski definition) is 3. The van der Waals surface area contributed by atoms with Gasteiger partial charge in [-0.2, -0.15) is 0 Å². The highest BCUT2D eigenvalue weighted by Gasteiger charge is 2.21. The second-order valence-electron chi connectivity index (χ2n) is 7.41. The Morgan fingerprint density at radius 2 is 1.52 bits per heavy atom. The molecule has 3 aromatic carbocycles. The van der Waals surface area contributed by atoms with Crippen LogP contribution in [0.5, 0.6) is 0 Å². The van der Waals surface area contributed by atoms with Crippen LogP contribution < -0.4 is 15.4 Å². The Morgan fingerprint density at radius 1 is 0.903 bits per heavy atom. The molecular formula is C23H24ClN3O2S2. The minimum Gasteiger partial charge on any atom is -0.332 e. The number of benzene rings is 3. The van der Waals surface area contributed by atoms with Crippen LogP contribution in [0.1, 0.15) is 30.9 Å². The molecule has 0 spiro atoms. The van der Waals surface area contributed by atoms with E-state index in [9.17, 15) is 8.42 Å². The van der Waals surface area contributed by atoms with Crippen molar-refractivity contribution >= 4 is 56.0 Å². The molecule has 162 valence electrons. The molecule has 0 fully saturated rings. The predicted octanol–water partition coefficient (Wildman–Crippen LogP) is 6.38. The van der Waals surface area contributed by atoms with Crippen LogP contribution in [0.2, 0.25) is 5.02 Å². The predicted molar refractivity (Wildman–Crippen MR) is 134 cm³/mol. The van der Waals surface area contributed by atoms with Crippen LogP contribution in [0.15, 0.2) is 71.6 Å². The zero-order valence-electron chi connectivity index (χ0n) is 17.4. The smallest absolute Gasteiger partial charge is 0.264 e. The summed E-state index contributed by atoms with van der Waals surface area (Å²) < 4.78 is 28.8. The molecule has 0 atom stereocenters. The van der Waals surface area contributed by atoms with Gasteiger partial charge in [0.2, 0.25) is 0 Å². The number of aryl methyl sites for hydroxylation is 1. The molecule has 3 rings (SSSR count). The highest BCUT2D eigenvalue weighted by molar-refractivity contribution is 7.93. The molecular weight excluding hydrogens is 450 g/mol. The average molecular weight is 474 g/mol. The quantitative estimate of drug-likeness (QED) is 0.362. The van der Waals surface area contributed by atoms with Gasteiger partial charge in [-0.3, -0.25) is 4.72 Å². The summed E-state index contributed by atoms with van der Waals surface area (Å²) >= 11 is 11.6. The van der Waals surface area contributed by atoms with Crippen LogP contribution in [-0.4, -0.2) is 13.5 Å². The molecule has 0 unspecified atom stereocenters. The number of nitrogens with one attached hydrogen (secondary N) is 3. The summed E-state index contributed by atoms with van der Waals surface area (Å²) in [7, 11) is -3.91. The van der Waals surface area contributed by atoms with Crippen molar-refractivity contribution in [2.45, 2.75) is 31.6 Å². The number of para-hydroxylation sites is 2. The lowest BCUT2D eigenvalue weighted by molar-refractivity contribution is 0.601. The summed E-state index contributed by atoms with van der Waals surface area (Å²) in [6.07, 6.45) is 0. The molecule has 0 amide bonds. The summed E-state index contributed by atoms with van der Waals surface area (Å²) in [6.45, 7) is 6.03. The molecule has 3 aromatic rings. The van der Waals surface area contributed by atoms with Gasteiger partial charge in [0.15, 0.2) is 5.11 Å². The summed E-state index contributed by atoms with van der Waals surface area (Å²) in [5, 5.41) is 6.82. The van der Waals surface area contributed by atoms with E-state index in [-0.39, 0.29) is 4.90 Å². The number of anilines is 3. The lowest BCUT2D eigenvalue weighted by Crippen LogP contribution is -2.23. The Balaban J connectivity index is 1.88. The number of sulfonamides is 1. The third-order valence-corrected chi connectivity index (χ3v) is 6.56. The van der Waals surface area contributed by atoms with E-state index in [2.05, 4.69) is 29.2 Å². The molecule has 0 aromatic heterocycles. The van der Waals surface area contributed by atoms with Gasteiger partial charge in [-0.05, 0) is 66.5 Å². The second-order valence-corrected chi connectivity index (χ2v) is 9.87. The zero-order chi connectivity index (χ0) is 22.6. The van der Waals surface area contributed by atoms with Gasteiger partial charge < -0.3 is 10.6 Å². The van der Waals surface area contributed by atoms with Crippen molar-refractivity contribution in [3.8, 4) is 0 Å². The lowest BCUT2D eigenvalue weighted by atomic mass is 10.0. The van der Waals surface area contributed by atoms with Gasteiger partial charge in [0.1, 0.15) is 4.90 Å². The molecule has 0 aliphatic heterocycles. The van der Waals surface area contributed by atoms with E-state index in [1.807, 2.05) is 37.3 Å². The molecule has 0 saturated heterocycles. The molecule has 0 saturated carbocycles. The Morgan fingerprint density at radius 3 is 2.19 bits per heavy atom. The average Bonchev–Trinajstić information content (AvgIpc) is 2.71. The zero-order valence-corrected chi connectivity index (χ0v) is 19.8. The molecule has 0 aliphatic rings. The minimum absolute atomic E-state index is 0.0775. The molecule has 8 heteroatoms. The first kappa shape index (κ1) is 23.1. The Kier molecular flexibility index (Phi) is 7.20. The van der Waals surface area contributed by atoms with E-state index in [0.29, 0.717) is 27.4 Å². The van der Waals surface area contributed by atoms with Crippen molar-refractivity contribution < 1.29 is 8.42 Å². The number of rotatable bonds is 6. The van der Waals surface area contributed by atoms with Gasteiger partial charge in [0, 0.05) is 5.69 Å². The van der Waals surface area contributed by atoms with Crippen molar-refractivity contribution in [2.75, 3.05) is 15.4 Å². The topological polar surface area (TPSA) is 70.2 Å². The number of halogens is 1. The fraction of sp³-hybridized carbons (Fsp3) is 0.174. The van der Waals surface area contributed by atoms with E-state index in [1.54, 1.807) is 36.4 Å². The molecule has 0 radical (unpaired) electrons. The molecule has 0 bridgehead atoms. The van der Waals surface area contributed by atoms with Crippen molar-refractivity contribution in [3.05, 3.63) is 82.9 Å². The van der Waals surface area contributed by atoms with E-state index in [0.717, 1.165) is 16.8 Å². The number of thiocarbonyl (C=S) groups is 1. The number of hydrogen-bond acceptors (Lipinski definition) is 3. The summed E-state index contributed by atoms with van der Waals surface area (Å²) in [5.41, 5.74) is 3.46. The maximum absolute atomic E-state index is 13.1. The van der Waals surface area contributed by atoms with Gasteiger partial charge >= 0.3 is 0 Å². The van der Waals surface area contributed by atoms with Crippen LogP contribution >= 0.6 is 23.8 Å². The highest BCUT2D eigenvalue weighted by Crippen LogP contribution is 2.29. The molecule has 0 aliphatic carbocycles. The molecule has 31 heavy (non-hydrogen) atoms. The normalized spacial score (nSPS) is 11.3. The van der Waals surface area contributed by atoms with E-state index in [1.165, 1.54) is 0 Å². The summed E-state index contributed by atoms with van der Waals surface area (Å²) in [6, 6.07) is 19.7. The van der Waals surface area contributed by atoms with Crippen molar-refractivity contribution in [2.24, 2.45) is 0 Å². The van der Waals surface area contributed by atoms with Gasteiger partial charge in [0.05, 0.1) is 16.4 Å². The standard InChI is InChI=1S/C23H24ClN3O2S2/c1-15(2)17-8-4-6-10-19(17)25-23(30)26-21-13-12-16(3)14-22(21)31(28,29)27-20-11-7-5-9-18(20)24/h4-15,27H,1-3H3,(H2,25,26,30). The Labute approximate surface area is 193 Å². The SMILES string of the molecule is Cc1ccc(NC(=S)Nc2ccccc2C(C)C)c(S(=O)(=O)Nc2ccccc2Cl)c1. The van der Waals surface area contributed by atoms with Gasteiger partial charge in [-0.15, -0.1) is 0 Å². The van der Waals surface area contributed by atoms with Crippen LogP contribution in [0, 0.1) is 6.92 Å². The van der Waals surface area contributed by atoms with Crippen LogP contribution in [0.4, 0.5) is 17.1 Å². The fourth-order valence-corrected chi connectivity index (χ4v) is 4.88. The molecule has 3 N–H and O–H groups in total. The van der Waals surface area contributed by atoms with Crippen LogP contribution in [-0.2, 0) is 10.0 Å². The van der Waals surface area contributed by atoms with E-state index < -0.39 is 10.0 Å². The van der Waals surface area contributed by atoms with Crippen LogP contribution in [0.25, 0.3) is 0 Å². The summed E-state index contributed by atoms with van der Waals surface area (Å²) in [4.78, 5) is 0.0775. The largest absolute Gasteiger partial charge is 0.332 e. The maximum atomic E-state index is 13.1. The third-order valence-electron chi connectivity index (χ3n) is 4.62. The second kappa shape index (κ2) is 9.68. The van der Waals surface area contributed by atoms with Crippen molar-refractivity contribution in [1.82, 2.24) is 0 Å². The van der Waals surface area contributed by atoms with Crippen LogP contribution in [0.3, 0.4) is 0 Å². The molecule has 5 nitrogen and oxygen atoms in total. The van der Waals surface area contributed by atoms with Gasteiger partial charge in [0.25, 0.3) is 10.0 Å². The van der Waals surface area contributed by atoms with Gasteiger partial charge in [-0.25, -0.2) is 8.42 Å². The Bertz CT molecular complexity index is 1210. The van der Waals surface area contributed by atoms with E-state index in [4.69, 9.17) is 23.8 Å². The lowest BCUT2D eigenvalue weighted by Gasteiger charge is -2.18. The highest BCUT2D eigenvalue weighted by atomic mass is 35.5. The van der Waals surface area contributed by atoms with E-state index >= 15 is 0 Å². The monoisotopic (exact) mass is 473 g/mol. The first-order valence-corrected chi connectivity index (χ1v) is 12.0. The third kappa shape index (κ3) is 5.76. The fourth-order valence-electron chi connectivity index (χ4n) is 3.09. The maximum Gasteiger partial charge on any atom is 0.264 e. The first-order chi connectivity index (χ1) is 14.7. The minimum atomic E-state index is -3.91. The summed E-state index contributed by atoms with van der Waals surface area (Å²) in [5.74, 6) is 0.307. The Hall–Kier alpha value is -2.61. The van der Waals surface area contributed by atoms with Crippen molar-refractivity contribution in [3.63, 3.8) is 0 Å².